The summed E-state index contributed by atoms with van der Waals surface area (Å²) >= 11 is 1.68. The maximum Gasteiger partial charge on any atom is 0.116 e. The minimum atomic E-state index is 0.573. The number of hydrogen-bond acceptors (Lipinski definition) is 2. The van der Waals surface area contributed by atoms with E-state index in [1.807, 2.05) is 0 Å². The monoisotopic (exact) mass is 319 g/mol. The standard InChI is InChI=1S/C21H21NS/c1-15(2)18-11-6-17(7-12-18)8-13-21-22-20(14-23-21)19-9-4-16(3)5-10-19/h4-15H,1-3H3. The molecule has 0 saturated heterocycles. The number of aryl methyl sites for hydroxylation is 1. The summed E-state index contributed by atoms with van der Waals surface area (Å²) in [7, 11) is 0. The second-order valence-corrected chi connectivity index (χ2v) is 6.98. The van der Waals surface area contributed by atoms with Crippen LogP contribution < -0.4 is 0 Å². The largest absolute Gasteiger partial charge is 0.237 e. The molecular weight excluding hydrogens is 298 g/mol. The van der Waals surface area contributed by atoms with Crippen molar-refractivity contribution in [1.82, 2.24) is 4.98 Å². The molecule has 23 heavy (non-hydrogen) atoms. The molecule has 3 rings (SSSR count). The highest BCUT2D eigenvalue weighted by atomic mass is 32.1. The van der Waals surface area contributed by atoms with Crippen molar-refractivity contribution >= 4 is 23.5 Å². The summed E-state index contributed by atoms with van der Waals surface area (Å²) in [6.07, 6.45) is 4.22. The van der Waals surface area contributed by atoms with E-state index in [1.54, 1.807) is 11.3 Å². The van der Waals surface area contributed by atoms with Crippen LogP contribution >= 0.6 is 11.3 Å². The molecule has 0 aliphatic rings. The van der Waals surface area contributed by atoms with Gasteiger partial charge in [0.25, 0.3) is 0 Å². The van der Waals surface area contributed by atoms with Crippen LogP contribution in [0.25, 0.3) is 23.4 Å². The van der Waals surface area contributed by atoms with Crippen LogP contribution in [-0.2, 0) is 0 Å². The summed E-state index contributed by atoms with van der Waals surface area (Å²) in [6, 6.07) is 17.2. The Bertz CT molecular complexity index is 793. The fourth-order valence-electron chi connectivity index (χ4n) is 2.38. The Kier molecular flexibility index (Phi) is 4.73. The molecule has 0 spiro atoms. The third kappa shape index (κ3) is 3.96. The van der Waals surface area contributed by atoms with Crippen molar-refractivity contribution in [3.05, 3.63) is 75.6 Å². The first-order valence-electron chi connectivity index (χ1n) is 7.92. The highest BCUT2D eigenvalue weighted by Gasteiger charge is 2.02. The Balaban J connectivity index is 1.74. The average Bonchev–Trinajstić information content (AvgIpc) is 3.03. The average molecular weight is 319 g/mol. The summed E-state index contributed by atoms with van der Waals surface area (Å²) in [5, 5.41) is 3.15. The first-order chi connectivity index (χ1) is 11.1. The molecule has 0 radical (unpaired) electrons. The van der Waals surface area contributed by atoms with E-state index in [1.165, 1.54) is 22.3 Å². The van der Waals surface area contributed by atoms with E-state index in [2.05, 4.69) is 86.8 Å². The number of aromatic nitrogens is 1. The van der Waals surface area contributed by atoms with Crippen LogP contribution in [0.5, 0.6) is 0 Å². The predicted molar refractivity (Wildman–Crippen MR) is 102 cm³/mol. The molecule has 0 amide bonds. The Hall–Kier alpha value is -2.19. The lowest BCUT2D eigenvalue weighted by Crippen LogP contribution is -1.85. The van der Waals surface area contributed by atoms with Gasteiger partial charge in [0.2, 0.25) is 0 Å². The summed E-state index contributed by atoms with van der Waals surface area (Å²) in [5.74, 6) is 0.573. The van der Waals surface area contributed by atoms with Gasteiger partial charge in [-0.25, -0.2) is 4.98 Å². The van der Waals surface area contributed by atoms with Gasteiger partial charge in [0, 0.05) is 10.9 Å². The van der Waals surface area contributed by atoms with Gasteiger partial charge in [-0.15, -0.1) is 11.3 Å². The van der Waals surface area contributed by atoms with Gasteiger partial charge in [-0.2, -0.15) is 0 Å². The van der Waals surface area contributed by atoms with Gasteiger partial charge in [0.15, 0.2) is 0 Å². The van der Waals surface area contributed by atoms with Crippen molar-refractivity contribution in [3.8, 4) is 11.3 Å². The van der Waals surface area contributed by atoms with Gasteiger partial charge in [-0.1, -0.05) is 74.0 Å². The fraction of sp³-hybridized carbons (Fsp3) is 0.190. The van der Waals surface area contributed by atoms with Gasteiger partial charge >= 0.3 is 0 Å². The number of hydrogen-bond donors (Lipinski definition) is 0. The molecule has 2 aromatic carbocycles. The highest BCUT2D eigenvalue weighted by molar-refractivity contribution is 7.10. The number of rotatable bonds is 4. The molecule has 0 unspecified atom stereocenters. The topological polar surface area (TPSA) is 12.9 Å². The van der Waals surface area contributed by atoms with E-state index < -0.39 is 0 Å². The Morgan fingerprint density at radius 1 is 0.913 bits per heavy atom. The van der Waals surface area contributed by atoms with Crippen LogP contribution in [0.3, 0.4) is 0 Å². The van der Waals surface area contributed by atoms with Crippen molar-refractivity contribution in [3.63, 3.8) is 0 Å². The molecule has 0 bridgehead atoms. The lowest BCUT2D eigenvalue weighted by Gasteiger charge is -2.04. The van der Waals surface area contributed by atoms with E-state index in [0.717, 1.165) is 10.7 Å². The molecule has 1 heterocycles. The molecule has 0 saturated carbocycles. The van der Waals surface area contributed by atoms with Crippen LogP contribution in [0.15, 0.2) is 53.9 Å². The van der Waals surface area contributed by atoms with Gasteiger partial charge in [-0.05, 0) is 30.0 Å². The highest BCUT2D eigenvalue weighted by Crippen LogP contribution is 2.23. The summed E-state index contributed by atoms with van der Waals surface area (Å²) < 4.78 is 0. The predicted octanol–water partition coefficient (Wildman–Crippen LogP) is 6.41. The van der Waals surface area contributed by atoms with Crippen molar-refractivity contribution in [2.45, 2.75) is 26.7 Å². The maximum atomic E-state index is 4.70. The molecule has 0 atom stereocenters. The van der Waals surface area contributed by atoms with Crippen LogP contribution in [0, 0.1) is 6.92 Å². The number of nitrogens with zero attached hydrogens (tertiary/aromatic N) is 1. The molecule has 1 nitrogen and oxygen atoms in total. The fourth-order valence-corrected chi connectivity index (χ4v) is 3.10. The van der Waals surface area contributed by atoms with Crippen LogP contribution in [0.1, 0.15) is 41.5 Å². The maximum absolute atomic E-state index is 4.70. The van der Waals surface area contributed by atoms with E-state index in [-0.39, 0.29) is 0 Å². The molecular formula is C21H21NS. The molecule has 0 aliphatic heterocycles. The minimum Gasteiger partial charge on any atom is -0.237 e. The molecule has 2 heteroatoms. The molecule has 116 valence electrons. The molecule has 0 fully saturated rings. The molecule has 0 aliphatic carbocycles. The number of benzene rings is 2. The lowest BCUT2D eigenvalue weighted by atomic mass is 10.0. The van der Waals surface area contributed by atoms with E-state index >= 15 is 0 Å². The summed E-state index contributed by atoms with van der Waals surface area (Å²) in [5.41, 5.74) is 6.08. The Morgan fingerprint density at radius 2 is 1.61 bits per heavy atom. The smallest absolute Gasteiger partial charge is 0.116 e. The van der Waals surface area contributed by atoms with Crippen LogP contribution in [-0.4, -0.2) is 4.98 Å². The third-order valence-electron chi connectivity index (χ3n) is 3.89. The van der Waals surface area contributed by atoms with Gasteiger partial charge < -0.3 is 0 Å². The SMILES string of the molecule is Cc1ccc(-c2csc(C=Cc3ccc(C(C)C)cc3)n2)cc1. The zero-order valence-corrected chi connectivity index (χ0v) is 14.6. The normalized spacial score (nSPS) is 11.5. The van der Waals surface area contributed by atoms with Crippen molar-refractivity contribution in [2.24, 2.45) is 0 Å². The first kappa shape index (κ1) is 15.7. The molecule has 1 aromatic heterocycles. The van der Waals surface area contributed by atoms with Gasteiger partial charge in [0.05, 0.1) is 5.69 Å². The van der Waals surface area contributed by atoms with Gasteiger partial charge in [0.1, 0.15) is 5.01 Å². The van der Waals surface area contributed by atoms with Crippen molar-refractivity contribution in [1.29, 1.82) is 0 Å². The quantitative estimate of drug-likeness (QED) is 0.541. The second kappa shape index (κ2) is 6.93. The van der Waals surface area contributed by atoms with Gasteiger partial charge in [-0.3, -0.25) is 0 Å². The van der Waals surface area contributed by atoms with E-state index in [4.69, 9.17) is 4.98 Å². The zero-order chi connectivity index (χ0) is 16.2. The Morgan fingerprint density at radius 3 is 2.26 bits per heavy atom. The lowest BCUT2D eigenvalue weighted by molar-refractivity contribution is 0.866. The zero-order valence-electron chi connectivity index (χ0n) is 13.8. The van der Waals surface area contributed by atoms with E-state index in [9.17, 15) is 0 Å². The molecule has 3 aromatic rings. The summed E-state index contributed by atoms with van der Waals surface area (Å²) in [6.45, 7) is 6.53. The van der Waals surface area contributed by atoms with E-state index in [0.29, 0.717) is 5.92 Å². The number of thiazole rings is 1. The summed E-state index contributed by atoms with van der Waals surface area (Å²) in [4.78, 5) is 4.70. The third-order valence-corrected chi connectivity index (χ3v) is 4.70. The van der Waals surface area contributed by atoms with Crippen LogP contribution in [0.2, 0.25) is 0 Å². The van der Waals surface area contributed by atoms with Crippen molar-refractivity contribution in [2.75, 3.05) is 0 Å². The van der Waals surface area contributed by atoms with Crippen molar-refractivity contribution < 1.29 is 0 Å². The molecule has 0 N–H and O–H groups in total. The Labute approximate surface area is 142 Å². The minimum absolute atomic E-state index is 0.573. The first-order valence-corrected chi connectivity index (χ1v) is 8.80. The second-order valence-electron chi connectivity index (χ2n) is 6.09. The van der Waals surface area contributed by atoms with Crippen LogP contribution in [0.4, 0.5) is 0 Å².